The van der Waals surface area contributed by atoms with Gasteiger partial charge in [0.2, 0.25) is 11.8 Å². The van der Waals surface area contributed by atoms with E-state index in [0.29, 0.717) is 34.7 Å². The van der Waals surface area contributed by atoms with Crippen molar-refractivity contribution in [2.24, 2.45) is 35.5 Å². The van der Waals surface area contributed by atoms with Crippen LogP contribution in [0.5, 0.6) is 11.5 Å². The van der Waals surface area contributed by atoms with Crippen molar-refractivity contribution in [3.05, 3.63) is 191 Å². The molecule has 0 spiro atoms. The third-order valence-corrected chi connectivity index (χ3v) is 16.5. The van der Waals surface area contributed by atoms with Gasteiger partial charge < -0.3 is 20.1 Å². The molecular weight excluding hydrogens is 965 g/mol. The Labute approximate surface area is 462 Å². The molecule has 400 valence electrons. The van der Waals surface area contributed by atoms with Crippen LogP contribution in [0, 0.1) is 59.2 Å². The van der Waals surface area contributed by atoms with Crippen LogP contribution >= 0.6 is 0 Å². The zero-order valence-corrected chi connectivity index (χ0v) is 45.4. The summed E-state index contributed by atoms with van der Waals surface area (Å²) in [5.74, 6) is 11.3. The molecule has 9 rings (SSSR count). The molecule has 6 aromatic carbocycles. The smallest absolute Gasteiger partial charge is 0.314 e. The number of carbonyl (C=O) groups excluding carboxylic acids is 4. The summed E-state index contributed by atoms with van der Waals surface area (Å²) in [6.45, 7) is 4.46. The molecule has 0 aliphatic heterocycles. The summed E-state index contributed by atoms with van der Waals surface area (Å²) in [6.07, 6.45) is 17.4. The number of nitrogens with one attached hydrogen (secondary N) is 2. The van der Waals surface area contributed by atoms with Gasteiger partial charge in [0.25, 0.3) is 0 Å². The zero-order valence-electron chi connectivity index (χ0n) is 45.4. The molecule has 3 aliphatic carbocycles. The van der Waals surface area contributed by atoms with Crippen LogP contribution in [0.2, 0.25) is 0 Å². The molecule has 78 heavy (non-hydrogen) atoms. The van der Waals surface area contributed by atoms with Gasteiger partial charge >= 0.3 is 11.9 Å². The Morgan fingerprint density at radius 3 is 1.08 bits per heavy atom. The van der Waals surface area contributed by atoms with Crippen LogP contribution in [0.3, 0.4) is 0 Å². The van der Waals surface area contributed by atoms with E-state index in [0.717, 1.165) is 84.7 Å². The van der Waals surface area contributed by atoms with Crippen molar-refractivity contribution < 1.29 is 28.7 Å². The molecule has 0 unspecified atom stereocenters. The number of ether oxygens (including phenoxy) is 2. The minimum Gasteiger partial charge on any atom is -0.426 e. The third kappa shape index (κ3) is 14.9. The summed E-state index contributed by atoms with van der Waals surface area (Å²) >= 11 is 0. The van der Waals surface area contributed by atoms with E-state index in [1.807, 2.05) is 133 Å². The number of benzene rings is 6. The average molecular weight is 1040 g/mol. The molecule has 8 nitrogen and oxygen atoms in total. The topological polar surface area (TPSA) is 111 Å². The molecule has 2 N–H and O–H groups in total. The molecule has 2 amide bonds. The summed E-state index contributed by atoms with van der Waals surface area (Å²) in [5.41, 5.74) is 6.14. The normalized spacial score (nSPS) is 21.5. The number of amides is 2. The van der Waals surface area contributed by atoms with Gasteiger partial charge in [0.15, 0.2) is 0 Å². The van der Waals surface area contributed by atoms with Gasteiger partial charge in [-0.3, -0.25) is 19.2 Å². The molecule has 0 bridgehead atoms. The van der Waals surface area contributed by atoms with Gasteiger partial charge in [-0.25, -0.2) is 0 Å². The first kappa shape index (κ1) is 55.1. The predicted octanol–water partition coefficient (Wildman–Crippen LogP) is 15.5. The van der Waals surface area contributed by atoms with Crippen molar-refractivity contribution in [3.63, 3.8) is 0 Å². The van der Waals surface area contributed by atoms with E-state index in [1.54, 1.807) is 24.3 Å². The summed E-state index contributed by atoms with van der Waals surface area (Å²) < 4.78 is 12.0. The van der Waals surface area contributed by atoms with Crippen LogP contribution in [0.25, 0.3) is 0 Å². The number of esters is 2. The largest absolute Gasteiger partial charge is 0.426 e. The second-order valence-corrected chi connectivity index (χ2v) is 21.9. The highest BCUT2D eigenvalue weighted by Gasteiger charge is 2.58. The van der Waals surface area contributed by atoms with Crippen LogP contribution in [0.1, 0.15) is 162 Å². The van der Waals surface area contributed by atoms with Crippen molar-refractivity contribution in [1.82, 2.24) is 0 Å². The highest BCUT2D eigenvalue weighted by molar-refractivity contribution is 6.01. The maximum absolute atomic E-state index is 15.0. The highest BCUT2D eigenvalue weighted by atomic mass is 16.5. The number of unbranched alkanes of at least 4 members (excludes halogenated alkanes) is 4. The number of hydrogen-bond donors (Lipinski definition) is 2. The van der Waals surface area contributed by atoms with E-state index >= 15 is 9.59 Å². The number of anilines is 2. The fourth-order valence-electron chi connectivity index (χ4n) is 11.9. The van der Waals surface area contributed by atoms with Crippen molar-refractivity contribution in [2.75, 3.05) is 10.6 Å². The van der Waals surface area contributed by atoms with Crippen molar-refractivity contribution in [3.8, 4) is 35.2 Å². The van der Waals surface area contributed by atoms with Crippen LogP contribution in [-0.4, -0.2) is 23.8 Å². The first-order chi connectivity index (χ1) is 38.2. The second kappa shape index (κ2) is 27.6. The summed E-state index contributed by atoms with van der Waals surface area (Å²) in [5, 5.41) is 6.39. The van der Waals surface area contributed by atoms with Gasteiger partial charge in [-0.1, -0.05) is 150 Å². The monoisotopic (exact) mass is 1040 g/mol. The first-order valence-corrected chi connectivity index (χ1v) is 28.8. The summed E-state index contributed by atoms with van der Waals surface area (Å²) in [4.78, 5) is 57.1. The third-order valence-electron chi connectivity index (χ3n) is 16.5. The summed E-state index contributed by atoms with van der Waals surface area (Å²) in [7, 11) is 0. The maximum atomic E-state index is 15.0. The quantitative estimate of drug-likeness (QED) is 0.0384. The van der Waals surface area contributed by atoms with E-state index < -0.39 is 23.7 Å². The van der Waals surface area contributed by atoms with Gasteiger partial charge in [-0.15, -0.1) is 0 Å². The lowest BCUT2D eigenvalue weighted by Gasteiger charge is -2.50. The molecule has 8 heteroatoms. The molecule has 6 aromatic rings. The fourth-order valence-corrected chi connectivity index (χ4v) is 11.9. The van der Waals surface area contributed by atoms with Crippen LogP contribution in [-0.2, 0) is 19.2 Å². The molecule has 0 saturated heterocycles. The van der Waals surface area contributed by atoms with Gasteiger partial charge in [-0.05, 0) is 171 Å². The molecule has 3 aliphatic rings. The Kier molecular flexibility index (Phi) is 19.5. The molecule has 0 radical (unpaired) electrons. The average Bonchev–Trinajstić information content (AvgIpc) is 3.66. The summed E-state index contributed by atoms with van der Waals surface area (Å²) in [6, 6.07) is 49.2. The minimum atomic E-state index is -0.712. The van der Waals surface area contributed by atoms with Crippen molar-refractivity contribution in [2.45, 2.75) is 128 Å². The number of hydrogen-bond acceptors (Lipinski definition) is 6. The predicted molar refractivity (Wildman–Crippen MR) is 311 cm³/mol. The Balaban J connectivity index is 0.977. The van der Waals surface area contributed by atoms with E-state index in [4.69, 9.17) is 9.47 Å². The Morgan fingerprint density at radius 2 is 0.744 bits per heavy atom. The minimum absolute atomic E-state index is 0.134. The van der Waals surface area contributed by atoms with E-state index in [2.05, 4.69) is 48.2 Å². The van der Waals surface area contributed by atoms with Crippen LogP contribution in [0.4, 0.5) is 11.4 Å². The Hall–Kier alpha value is -7.68. The van der Waals surface area contributed by atoms with E-state index in [9.17, 15) is 9.59 Å². The Morgan fingerprint density at radius 1 is 0.410 bits per heavy atom. The lowest BCUT2D eigenvalue weighted by molar-refractivity contribution is -0.141. The molecule has 0 heterocycles. The molecule has 0 atom stereocenters. The van der Waals surface area contributed by atoms with Gasteiger partial charge in [0, 0.05) is 45.5 Å². The van der Waals surface area contributed by atoms with Crippen LogP contribution in [0.15, 0.2) is 158 Å². The lowest BCUT2D eigenvalue weighted by Crippen LogP contribution is -2.53. The molecule has 0 aromatic heterocycles. The van der Waals surface area contributed by atoms with Crippen molar-refractivity contribution in [1.29, 1.82) is 0 Å². The van der Waals surface area contributed by atoms with Crippen molar-refractivity contribution >= 4 is 35.1 Å². The molecular formula is C70H74N2O6. The molecule has 3 fully saturated rings. The fraction of sp³-hybridized carbons (Fsp3) is 0.371. The van der Waals surface area contributed by atoms with E-state index in [-0.39, 0.29) is 35.6 Å². The molecule has 3 saturated carbocycles. The number of carbonyl (C=O) groups is 4. The highest BCUT2D eigenvalue weighted by Crippen LogP contribution is 2.58. The van der Waals surface area contributed by atoms with Gasteiger partial charge in [0.05, 0.1) is 23.7 Å². The lowest BCUT2D eigenvalue weighted by atomic mass is 9.52. The second-order valence-electron chi connectivity index (χ2n) is 21.9. The SMILES string of the molecule is CCCCCC1CCC(C(=O)Oc2ccc(C3C(C(=O)Nc4ccc(C#Cc5ccccc5)cc4)C(c4ccc(OC(=O)C5CCC(CCCCC)CC5)cc4)C3C(=O)Nc3ccc(C#Cc4ccccc4)cc3)cc2)CC1. The zero-order chi connectivity index (χ0) is 54.1. The van der Waals surface area contributed by atoms with Gasteiger partial charge in [-0.2, -0.15) is 0 Å². The standard InChI is InChI=1S/C70H74N2O6/c1-3-5-9-15-51-25-33-57(34-26-51)69(75)77-61-45-37-55(38-46-61)63-65(67(73)71-59-41-29-53(30-42-59)23-21-49-17-11-7-12-18-49)64(66(63)68(74)72-60-43-31-54(32-44-60)24-22-50-19-13-8-14-20-50)56-39-47-62(48-40-56)78-70(76)58-35-27-52(28-36-58)16-10-6-4-2/h7-8,11-14,17-20,29-32,37-48,51-52,57-58,63-66H,3-6,9-10,15-16,25-28,33-36H2,1-2H3,(H,71,73)(H,72,74). The Bertz CT molecular complexity index is 2820. The van der Waals surface area contributed by atoms with Crippen LogP contribution < -0.4 is 20.1 Å². The maximum Gasteiger partial charge on any atom is 0.314 e. The van der Waals surface area contributed by atoms with Gasteiger partial charge in [0.1, 0.15) is 11.5 Å². The first-order valence-electron chi connectivity index (χ1n) is 28.8. The number of rotatable bonds is 18. The van der Waals surface area contributed by atoms with E-state index in [1.165, 1.54) is 51.4 Å².